The van der Waals surface area contributed by atoms with Crippen molar-refractivity contribution in [2.24, 2.45) is 0 Å². The molecule has 0 atom stereocenters. The molecule has 2 aromatic heterocycles. The van der Waals surface area contributed by atoms with E-state index in [1.165, 1.54) is 55.4 Å². The summed E-state index contributed by atoms with van der Waals surface area (Å²) in [5, 5.41) is 7.16. The second-order valence-electron chi connectivity index (χ2n) is 6.20. The fraction of sp³-hybridized carbons (Fsp3) is 0.222. The van der Waals surface area contributed by atoms with Crippen molar-refractivity contribution >= 4 is 39.0 Å². The van der Waals surface area contributed by atoms with E-state index < -0.39 is 10.0 Å². The standard InChI is InChI=1S/C18H19ClN6O5S/c1-11-14(19)9-20-25(11)10-16(26)21-12-4-6-13(7-5-12)31(27,28)24-15-8-17(29-2)23-18(22-15)30-3/h4-9H,10H2,1-3H3,(H,21,26)(H,22,23,24). The molecule has 2 N–H and O–H groups in total. The third-order valence-electron chi connectivity index (χ3n) is 4.10. The number of aromatic nitrogens is 4. The average Bonchev–Trinajstić information content (AvgIpc) is 3.05. The molecule has 0 spiro atoms. The Morgan fingerprint density at radius 3 is 2.45 bits per heavy atom. The van der Waals surface area contributed by atoms with Crippen molar-refractivity contribution in [3.05, 3.63) is 47.2 Å². The third-order valence-corrected chi connectivity index (χ3v) is 5.84. The van der Waals surface area contributed by atoms with E-state index >= 15 is 0 Å². The summed E-state index contributed by atoms with van der Waals surface area (Å²) in [6.45, 7) is 1.72. The number of carbonyl (C=O) groups is 1. The fourth-order valence-electron chi connectivity index (χ4n) is 2.49. The molecule has 11 nitrogen and oxygen atoms in total. The molecular weight excluding hydrogens is 448 g/mol. The fourth-order valence-corrected chi connectivity index (χ4v) is 3.62. The summed E-state index contributed by atoms with van der Waals surface area (Å²) in [5.41, 5.74) is 1.09. The van der Waals surface area contributed by atoms with Crippen molar-refractivity contribution in [2.75, 3.05) is 24.3 Å². The van der Waals surface area contributed by atoms with Gasteiger partial charge in [-0.25, -0.2) is 8.42 Å². The van der Waals surface area contributed by atoms with Crippen LogP contribution in [0.5, 0.6) is 11.9 Å². The quantitative estimate of drug-likeness (QED) is 0.514. The summed E-state index contributed by atoms with van der Waals surface area (Å²) >= 11 is 5.93. The van der Waals surface area contributed by atoms with Crippen LogP contribution in [0.2, 0.25) is 5.02 Å². The van der Waals surface area contributed by atoms with Gasteiger partial charge in [-0.05, 0) is 31.2 Å². The van der Waals surface area contributed by atoms with Crippen LogP contribution in [0.3, 0.4) is 0 Å². The molecule has 13 heteroatoms. The van der Waals surface area contributed by atoms with Crippen LogP contribution < -0.4 is 19.5 Å². The lowest BCUT2D eigenvalue weighted by Gasteiger charge is -2.11. The van der Waals surface area contributed by atoms with Crippen LogP contribution in [0.4, 0.5) is 11.5 Å². The minimum absolute atomic E-state index is 0.0191. The van der Waals surface area contributed by atoms with E-state index in [1.54, 1.807) is 6.92 Å². The van der Waals surface area contributed by atoms with E-state index in [1.807, 2.05) is 0 Å². The number of nitrogens with one attached hydrogen (secondary N) is 2. The number of hydrogen-bond donors (Lipinski definition) is 2. The Labute approximate surface area is 183 Å². The Hall–Kier alpha value is -3.38. The van der Waals surface area contributed by atoms with E-state index in [2.05, 4.69) is 25.1 Å². The first-order valence-corrected chi connectivity index (χ1v) is 10.7. The molecule has 0 aliphatic rings. The number of halogens is 1. The lowest BCUT2D eigenvalue weighted by atomic mass is 10.3. The van der Waals surface area contributed by atoms with Gasteiger partial charge in [0.25, 0.3) is 10.0 Å². The molecule has 1 aromatic carbocycles. The SMILES string of the molecule is COc1cc(NS(=O)(=O)c2ccc(NC(=O)Cn3ncc(Cl)c3C)cc2)nc(OC)n1. The van der Waals surface area contributed by atoms with Gasteiger partial charge in [0.2, 0.25) is 11.8 Å². The van der Waals surface area contributed by atoms with Crippen LogP contribution >= 0.6 is 11.6 Å². The topological polar surface area (TPSA) is 137 Å². The van der Waals surface area contributed by atoms with Crippen molar-refractivity contribution in [1.29, 1.82) is 0 Å². The highest BCUT2D eigenvalue weighted by Gasteiger charge is 2.17. The molecule has 0 unspecified atom stereocenters. The summed E-state index contributed by atoms with van der Waals surface area (Å²) in [4.78, 5) is 20.0. The number of amides is 1. The highest BCUT2D eigenvalue weighted by molar-refractivity contribution is 7.92. The van der Waals surface area contributed by atoms with Crippen LogP contribution in [0.25, 0.3) is 0 Å². The first-order chi connectivity index (χ1) is 14.7. The van der Waals surface area contributed by atoms with Gasteiger partial charge in [0.15, 0.2) is 5.82 Å². The molecule has 164 valence electrons. The highest BCUT2D eigenvalue weighted by Crippen LogP contribution is 2.21. The molecule has 3 aromatic rings. The Morgan fingerprint density at radius 2 is 1.87 bits per heavy atom. The smallest absolute Gasteiger partial charge is 0.321 e. The number of nitrogens with zero attached hydrogens (tertiary/aromatic N) is 4. The first-order valence-electron chi connectivity index (χ1n) is 8.79. The highest BCUT2D eigenvalue weighted by atomic mass is 35.5. The van der Waals surface area contributed by atoms with Crippen molar-refractivity contribution in [1.82, 2.24) is 19.7 Å². The molecule has 0 bridgehead atoms. The molecule has 31 heavy (non-hydrogen) atoms. The van der Waals surface area contributed by atoms with E-state index in [-0.39, 0.29) is 35.1 Å². The predicted octanol–water partition coefficient (Wildman–Crippen LogP) is 2.09. The van der Waals surface area contributed by atoms with Crippen LogP contribution in [0.1, 0.15) is 5.69 Å². The van der Waals surface area contributed by atoms with E-state index in [9.17, 15) is 13.2 Å². The maximum Gasteiger partial charge on any atom is 0.321 e. The number of hydrogen-bond acceptors (Lipinski definition) is 8. The van der Waals surface area contributed by atoms with Gasteiger partial charge in [-0.3, -0.25) is 14.2 Å². The second-order valence-corrected chi connectivity index (χ2v) is 8.29. The zero-order valence-corrected chi connectivity index (χ0v) is 18.4. The molecule has 0 saturated heterocycles. The molecule has 0 radical (unpaired) electrons. The normalized spacial score (nSPS) is 11.1. The number of methoxy groups -OCH3 is 2. The maximum atomic E-state index is 12.7. The number of ether oxygens (including phenoxy) is 2. The number of rotatable bonds is 8. The van der Waals surface area contributed by atoms with Crippen molar-refractivity contribution < 1.29 is 22.7 Å². The Kier molecular flexibility index (Phi) is 6.61. The monoisotopic (exact) mass is 466 g/mol. The Balaban J connectivity index is 1.70. The maximum absolute atomic E-state index is 12.7. The minimum Gasteiger partial charge on any atom is -0.481 e. The number of sulfonamides is 1. The lowest BCUT2D eigenvalue weighted by molar-refractivity contribution is -0.116. The number of carbonyl (C=O) groups excluding carboxylic acids is 1. The molecular formula is C18H19ClN6O5S. The zero-order valence-electron chi connectivity index (χ0n) is 16.8. The zero-order chi connectivity index (χ0) is 22.6. The molecule has 0 aliphatic heterocycles. The van der Waals surface area contributed by atoms with E-state index in [0.717, 1.165) is 0 Å². The van der Waals surface area contributed by atoms with Crippen LogP contribution in [-0.2, 0) is 21.4 Å². The van der Waals surface area contributed by atoms with Crippen molar-refractivity contribution in [3.8, 4) is 11.9 Å². The second kappa shape index (κ2) is 9.18. The van der Waals surface area contributed by atoms with Crippen molar-refractivity contribution in [3.63, 3.8) is 0 Å². The molecule has 0 aliphatic carbocycles. The molecule has 0 fully saturated rings. The van der Waals surface area contributed by atoms with Crippen LogP contribution in [0.15, 0.2) is 41.4 Å². The van der Waals surface area contributed by atoms with E-state index in [0.29, 0.717) is 16.4 Å². The lowest BCUT2D eigenvalue weighted by Crippen LogP contribution is -2.20. The average molecular weight is 467 g/mol. The molecule has 2 heterocycles. The summed E-state index contributed by atoms with van der Waals surface area (Å²) in [7, 11) is -1.22. The largest absolute Gasteiger partial charge is 0.481 e. The summed E-state index contributed by atoms with van der Waals surface area (Å²) < 4.78 is 39.0. The Morgan fingerprint density at radius 1 is 1.16 bits per heavy atom. The van der Waals surface area contributed by atoms with Gasteiger partial charge in [0.05, 0.1) is 36.0 Å². The van der Waals surface area contributed by atoms with Gasteiger partial charge < -0.3 is 14.8 Å². The predicted molar refractivity (Wildman–Crippen MR) is 113 cm³/mol. The molecule has 1 amide bonds. The van der Waals surface area contributed by atoms with E-state index in [4.69, 9.17) is 21.1 Å². The minimum atomic E-state index is -3.95. The Bertz CT molecular complexity index is 1170. The number of anilines is 2. The molecule has 3 rings (SSSR count). The third kappa shape index (κ3) is 5.41. The first kappa shape index (κ1) is 22.3. The van der Waals surface area contributed by atoms with Gasteiger partial charge in [0, 0.05) is 11.8 Å². The van der Waals surface area contributed by atoms with Gasteiger partial charge in [-0.15, -0.1) is 0 Å². The molecule has 0 saturated carbocycles. The number of benzene rings is 1. The van der Waals surface area contributed by atoms with Crippen molar-refractivity contribution in [2.45, 2.75) is 18.4 Å². The van der Waals surface area contributed by atoms with Gasteiger partial charge >= 0.3 is 6.01 Å². The van der Waals surface area contributed by atoms with Crippen LogP contribution in [-0.4, -0.2) is 48.3 Å². The van der Waals surface area contributed by atoms with Gasteiger partial charge in [-0.2, -0.15) is 15.1 Å². The van der Waals surface area contributed by atoms with Gasteiger partial charge in [0.1, 0.15) is 6.54 Å². The van der Waals surface area contributed by atoms with Crippen LogP contribution in [0, 0.1) is 6.92 Å². The summed E-state index contributed by atoms with van der Waals surface area (Å²) in [6.07, 6.45) is 1.46. The summed E-state index contributed by atoms with van der Waals surface area (Å²) in [6, 6.07) is 6.90. The van der Waals surface area contributed by atoms with Gasteiger partial charge in [-0.1, -0.05) is 11.6 Å². The summed E-state index contributed by atoms with van der Waals surface area (Å²) in [5.74, 6) is -0.220.